The molecule has 4 nitrogen and oxygen atoms in total. The fourth-order valence-corrected chi connectivity index (χ4v) is 1.68. The number of aliphatic hydroxyl groups excluding tert-OH is 1. The fraction of sp³-hybridized carbons (Fsp3) is 0.900. The highest BCUT2D eigenvalue weighted by atomic mass is 16.5. The largest absolute Gasteiger partial charge is 0.395 e. The lowest BCUT2D eigenvalue weighted by Crippen LogP contribution is -2.39. The number of carbonyl (C=O) groups is 1. The van der Waals surface area contributed by atoms with E-state index < -0.39 is 0 Å². The molecule has 0 aliphatic carbocycles. The number of aliphatic hydroxyl groups is 1. The van der Waals surface area contributed by atoms with Crippen molar-refractivity contribution in [2.24, 2.45) is 5.92 Å². The molecule has 1 unspecified atom stereocenters. The van der Waals surface area contributed by atoms with Gasteiger partial charge in [0.1, 0.15) is 5.78 Å². The first kappa shape index (κ1) is 11.6. The summed E-state index contributed by atoms with van der Waals surface area (Å²) in [5.74, 6) is 0.308. The van der Waals surface area contributed by atoms with E-state index in [0.717, 1.165) is 13.1 Å². The summed E-state index contributed by atoms with van der Waals surface area (Å²) in [6.07, 6.45) is 0.543. The summed E-state index contributed by atoms with van der Waals surface area (Å²) in [6, 6.07) is 0. The van der Waals surface area contributed by atoms with E-state index in [1.807, 2.05) is 6.92 Å². The van der Waals surface area contributed by atoms with E-state index in [0.29, 0.717) is 32.0 Å². The van der Waals surface area contributed by atoms with Crippen molar-refractivity contribution in [3.63, 3.8) is 0 Å². The molecule has 0 saturated carbocycles. The minimum absolute atomic E-state index is 0.00949. The third-order valence-corrected chi connectivity index (χ3v) is 2.61. The Kier molecular flexibility index (Phi) is 5.07. The molecule has 0 aromatic carbocycles. The number of carbonyl (C=O) groups excluding carboxylic acids is 1. The van der Waals surface area contributed by atoms with Crippen LogP contribution in [0.25, 0.3) is 0 Å². The summed E-state index contributed by atoms with van der Waals surface area (Å²) < 4.78 is 5.27. The van der Waals surface area contributed by atoms with Crippen molar-refractivity contribution in [3.8, 4) is 0 Å². The predicted octanol–water partition coefficient (Wildman–Crippen LogP) is -0.0938. The Morgan fingerprint density at radius 2 is 2.43 bits per heavy atom. The lowest BCUT2D eigenvalue weighted by molar-refractivity contribution is -0.131. The molecule has 1 fully saturated rings. The molecule has 0 bridgehead atoms. The normalized spacial score (nSPS) is 23.1. The molecular weight excluding hydrogens is 182 g/mol. The average molecular weight is 201 g/mol. The molecule has 0 radical (unpaired) electrons. The minimum atomic E-state index is 0.00949. The topological polar surface area (TPSA) is 49.8 Å². The molecule has 0 aromatic heterocycles. The first-order valence-corrected chi connectivity index (χ1v) is 5.21. The van der Waals surface area contributed by atoms with Crippen molar-refractivity contribution in [2.75, 3.05) is 39.5 Å². The highest BCUT2D eigenvalue weighted by Crippen LogP contribution is 2.11. The monoisotopic (exact) mass is 201 g/mol. The van der Waals surface area contributed by atoms with Crippen LogP contribution in [0.4, 0.5) is 0 Å². The number of likely N-dealkylation sites (N-methyl/N-ethyl adjacent to an activating group) is 1. The molecule has 1 N–H and O–H groups in total. The molecule has 1 saturated heterocycles. The van der Waals surface area contributed by atoms with E-state index in [4.69, 9.17) is 9.84 Å². The first-order valence-electron chi connectivity index (χ1n) is 5.21. The van der Waals surface area contributed by atoms with Gasteiger partial charge in [-0.3, -0.25) is 4.79 Å². The van der Waals surface area contributed by atoms with Crippen LogP contribution in [-0.4, -0.2) is 55.2 Å². The van der Waals surface area contributed by atoms with Crippen LogP contribution in [0.2, 0.25) is 0 Å². The maximum absolute atomic E-state index is 11.5. The number of nitrogens with zero attached hydrogens (tertiary/aromatic N) is 1. The van der Waals surface area contributed by atoms with Gasteiger partial charge >= 0.3 is 0 Å². The quantitative estimate of drug-likeness (QED) is 0.675. The van der Waals surface area contributed by atoms with Crippen molar-refractivity contribution in [1.29, 1.82) is 0 Å². The van der Waals surface area contributed by atoms with E-state index in [1.54, 1.807) is 0 Å². The Labute approximate surface area is 84.8 Å². The lowest BCUT2D eigenvalue weighted by Gasteiger charge is -2.27. The standard InChI is InChI=1S/C10H19NO3/c1-2-11(4-5-12)7-9-8-14-6-3-10(9)13/h9,12H,2-8H2,1H3. The van der Waals surface area contributed by atoms with Crippen LogP contribution < -0.4 is 0 Å². The minimum Gasteiger partial charge on any atom is -0.395 e. The Bertz CT molecular complexity index is 184. The SMILES string of the molecule is CCN(CCO)CC1COCCC1=O. The summed E-state index contributed by atoms with van der Waals surface area (Å²) in [6.45, 7) is 5.52. The maximum Gasteiger partial charge on any atom is 0.141 e. The van der Waals surface area contributed by atoms with Gasteiger partial charge in [-0.15, -0.1) is 0 Å². The molecule has 4 heteroatoms. The predicted molar refractivity (Wildman–Crippen MR) is 53.1 cm³/mol. The molecule has 1 aliphatic rings. The summed E-state index contributed by atoms with van der Waals surface area (Å²) in [5.41, 5.74) is 0. The second kappa shape index (κ2) is 6.11. The van der Waals surface area contributed by atoms with Gasteiger partial charge in [0.25, 0.3) is 0 Å². The Morgan fingerprint density at radius 1 is 1.64 bits per heavy atom. The van der Waals surface area contributed by atoms with Gasteiger partial charge in [-0.1, -0.05) is 6.92 Å². The Morgan fingerprint density at radius 3 is 3.00 bits per heavy atom. The van der Waals surface area contributed by atoms with E-state index in [1.165, 1.54) is 0 Å². The van der Waals surface area contributed by atoms with Crippen LogP contribution in [0.1, 0.15) is 13.3 Å². The van der Waals surface area contributed by atoms with Gasteiger partial charge in [-0.25, -0.2) is 0 Å². The van der Waals surface area contributed by atoms with Crippen molar-refractivity contribution < 1.29 is 14.6 Å². The van der Waals surface area contributed by atoms with Gasteiger partial charge < -0.3 is 14.7 Å². The van der Waals surface area contributed by atoms with Crippen LogP contribution >= 0.6 is 0 Å². The summed E-state index contributed by atoms with van der Waals surface area (Å²) in [4.78, 5) is 13.6. The van der Waals surface area contributed by atoms with Gasteiger partial charge in [0, 0.05) is 19.5 Å². The zero-order valence-electron chi connectivity index (χ0n) is 8.74. The van der Waals surface area contributed by atoms with Crippen molar-refractivity contribution in [1.82, 2.24) is 4.90 Å². The number of hydrogen-bond donors (Lipinski definition) is 1. The average Bonchev–Trinajstić information content (AvgIpc) is 2.20. The fourth-order valence-electron chi connectivity index (χ4n) is 1.68. The van der Waals surface area contributed by atoms with Crippen molar-refractivity contribution >= 4 is 5.78 Å². The van der Waals surface area contributed by atoms with Gasteiger partial charge in [0.15, 0.2) is 0 Å². The Balaban J connectivity index is 2.35. The molecule has 0 spiro atoms. The first-order chi connectivity index (χ1) is 6.77. The van der Waals surface area contributed by atoms with Crippen molar-refractivity contribution in [2.45, 2.75) is 13.3 Å². The summed E-state index contributed by atoms with van der Waals surface area (Å²) in [7, 11) is 0. The summed E-state index contributed by atoms with van der Waals surface area (Å²) in [5, 5.41) is 8.81. The van der Waals surface area contributed by atoms with Crippen LogP contribution in [-0.2, 0) is 9.53 Å². The van der Waals surface area contributed by atoms with E-state index in [9.17, 15) is 4.79 Å². The van der Waals surface area contributed by atoms with Crippen LogP contribution in [0.5, 0.6) is 0 Å². The molecule has 1 rings (SSSR count). The molecule has 1 aliphatic heterocycles. The second-order valence-corrected chi connectivity index (χ2v) is 3.60. The third kappa shape index (κ3) is 3.36. The number of ether oxygens (including phenoxy) is 1. The number of Topliss-reactive ketones (excluding diaryl/α,β-unsaturated/α-hetero) is 1. The van der Waals surface area contributed by atoms with E-state index >= 15 is 0 Å². The van der Waals surface area contributed by atoms with Crippen molar-refractivity contribution in [3.05, 3.63) is 0 Å². The maximum atomic E-state index is 11.5. The highest BCUT2D eigenvalue weighted by molar-refractivity contribution is 5.82. The molecule has 0 aromatic rings. The van der Waals surface area contributed by atoms with Gasteiger partial charge in [0.05, 0.1) is 25.7 Å². The zero-order chi connectivity index (χ0) is 10.4. The molecule has 1 heterocycles. The zero-order valence-corrected chi connectivity index (χ0v) is 8.74. The highest BCUT2D eigenvalue weighted by Gasteiger charge is 2.24. The lowest BCUT2D eigenvalue weighted by atomic mass is 10.00. The van der Waals surface area contributed by atoms with Gasteiger partial charge in [-0.05, 0) is 6.54 Å². The third-order valence-electron chi connectivity index (χ3n) is 2.61. The Hall–Kier alpha value is -0.450. The van der Waals surface area contributed by atoms with Gasteiger partial charge in [0.2, 0.25) is 0 Å². The number of rotatable bonds is 5. The molecule has 1 atom stereocenters. The molecular formula is C10H19NO3. The van der Waals surface area contributed by atoms with Crippen LogP contribution in [0.15, 0.2) is 0 Å². The van der Waals surface area contributed by atoms with Gasteiger partial charge in [-0.2, -0.15) is 0 Å². The summed E-state index contributed by atoms with van der Waals surface area (Å²) >= 11 is 0. The van der Waals surface area contributed by atoms with E-state index in [2.05, 4.69) is 4.90 Å². The smallest absolute Gasteiger partial charge is 0.141 e. The number of ketones is 1. The van der Waals surface area contributed by atoms with E-state index in [-0.39, 0.29) is 12.5 Å². The molecule has 14 heavy (non-hydrogen) atoms. The van der Waals surface area contributed by atoms with Crippen LogP contribution in [0, 0.1) is 5.92 Å². The number of hydrogen-bond acceptors (Lipinski definition) is 4. The van der Waals surface area contributed by atoms with Crippen LogP contribution in [0.3, 0.4) is 0 Å². The molecule has 0 amide bonds. The second-order valence-electron chi connectivity index (χ2n) is 3.60. The molecule has 82 valence electrons.